The van der Waals surface area contributed by atoms with Crippen LogP contribution in [0.15, 0.2) is 0 Å². The molecule has 0 aromatic rings. The van der Waals surface area contributed by atoms with Crippen LogP contribution in [0.25, 0.3) is 0 Å². The summed E-state index contributed by atoms with van der Waals surface area (Å²) < 4.78 is 27.7. The van der Waals surface area contributed by atoms with Gasteiger partial charge >= 0.3 is 29.6 Å². The van der Waals surface area contributed by atoms with Crippen molar-refractivity contribution in [1.29, 1.82) is 0 Å². The minimum absolute atomic E-state index is 0. The van der Waals surface area contributed by atoms with Crippen molar-refractivity contribution in [1.82, 2.24) is 5.32 Å². The van der Waals surface area contributed by atoms with Gasteiger partial charge in [0, 0.05) is 13.1 Å². The fourth-order valence-corrected chi connectivity index (χ4v) is 0.804. The third kappa shape index (κ3) is 15.7. The predicted octanol–water partition coefficient (Wildman–Crippen LogP) is -3.46. The van der Waals surface area contributed by atoms with Crippen molar-refractivity contribution in [3.8, 4) is 0 Å². The van der Waals surface area contributed by atoms with Gasteiger partial charge in [0.15, 0.2) is 0 Å². The standard InChI is InChI=1S/C4H9NO.C2H6O3S.Na.H/c1-3-6-4-2-5-1;1-2-5-6(3)4;;/h5H,1-4H2;2H2,1H3,(H,3,4);;/q;;+1;-1/p-1. The Labute approximate surface area is 105 Å². The van der Waals surface area contributed by atoms with Gasteiger partial charge in [-0.2, -0.15) is 0 Å². The molecule has 1 unspecified atom stereocenters. The molecule has 0 bridgehead atoms. The van der Waals surface area contributed by atoms with E-state index < -0.39 is 11.4 Å². The molecule has 76 valence electrons. The molecule has 0 amide bonds. The fourth-order valence-electron chi connectivity index (χ4n) is 0.612. The molecule has 1 aliphatic rings. The molecule has 13 heavy (non-hydrogen) atoms. The Morgan fingerprint density at radius 2 is 2.15 bits per heavy atom. The van der Waals surface area contributed by atoms with E-state index in [2.05, 4.69) is 9.50 Å². The molecule has 0 saturated carbocycles. The van der Waals surface area contributed by atoms with E-state index >= 15 is 0 Å². The zero-order chi connectivity index (χ0) is 9.23. The van der Waals surface area contributed by atoms with E-state index in [0.717, 1.165) is 26.3 Å². The first-order valence-electron chi connectivity index (χ1n) is 3.78. The van der Waals surface area contributed by atoms with Crippen molar-refractivity contribution >= 4 is 11.4 Å². The van der Waals surface area contributed by atoms with E-state index in [1.807, 2.05) is 0 Å². The van der Waals surface area contributed by atoms with E-state index in [4.69, 9.17) is 4.74 Å². The van der Waals surface area contributed by atoms with Gasteiger partial charge in [0.1, 0.15) is 0 Å². The molecule has 1 rings (SSSR count). The summed E-state index contributed by atoms with van der Waals surface area (Å²) >= 11 is -2.32. The Kier molecular flexibility index (Phi) is 16.4. The number of hydrogen-bond donors (Lipinski definition) is 1. The van der Waals surface area contributed by atoms with Crippen LogP contribution in [0.2, 0.25) is 0 Å². The van der Waals surface area contributed by atoms with E-state index in [1.54, 1.807) is 6.92 Å². The molecule has 0 aromatic carbocycles. The summed E-state index contributed by atoms with van der Waals surface area (Å²) in [4.78, 5) is 0. The molecule has 1 heterocycles. The summed E-state index contributed by atoms with van der Waals surface area (Å²) in [5.41, 5.74) is 0. The van der Waals surface area contributed by atoms with E-state index in [-0.39, 0.29) is 37.6 Å². The Balaban J connectivity index is -0.000000151. The van der Waals surface area contributed by atoms with Crippen molar-refractivity contribution in [2.75, 3.05) is 32.9 Å². The monoisotopic (exact) mass is 220 g/mol. The first-order valence-corrected chi connectivity index (χ1v) is 4.78. The Hall–Kier alpha value is 0.990. The van der Waals surface area contributed by atoms with Crippen molar-refractivity contribution < 1.29 is 48.7 Å². The van der Waals surface area contributed by atoms with Crippen LogP contribution in [0.3, 0.4) is 0 Å². The van der Waals surface area contributed by atoms with E-state index in [9.17, 15) is 8.76 Å². The van der Waals surface area contributed by atoms with Gasteiger partial charge in [-0.1, -0.05) is 0 Å². The Bertz CT molecular complexity index is 117. The van der Waals surface area contributed by atoms with Crippen LogP contribution in [-0.2, 0) is 20.3 Å². The third-order valence-electron chi connectivity index (χ3n) is 1.06. The van der Waals surface area contributed by atoms with Crippen LogP contribution in [0, 0.1) is 0 Å². The van der Waals surface area contributed by atoms with Crippen molar-refractivity contribution in [2.24, 2.45) is 0 Å². The second-order valence-corrected chi connectivity index (χ2v) is 2.62. The zero-order valence-electron chi connectivity index (χ0n) is 9.08. The molecule has 1 aliphatic heterocycles. The molecular weight excluding hydrogens is 205 g/mol. The molecule has 5 nitrogen and oxygen atoms in total. The molecular formula is C6H15NNaO4S-. The zero-order valence-corrected chi connectivity index (χ0v) is 10.9. The van der Waals surface area contributed by atoms with Crippen molar-refractivity contribution in [3.05, 3.63) is 0 Å². The van der Waals surface area contributed by atoms with Gasteiger partial charge in [-0.05, 0) is 6.92 Å². The number of morpholine rings is 1. The van der Waals surface area contributed by atoms with Gasteiger partial charge < -0.3 is 20.2 Å². The second kappa shape index (κ2) is 13.0. The van der Waals surface area contributed by atoms with Gasteiger partial charge in [0.05, 0.1) is 31.2 Å². The molecule has 1 fully saturated rings. The molecule has 7 heteroatoms. The topological polar surface area (TPSA) is 70.6 Å². The maximum Gasteiger partial charge on any atom is 1.00 e. The molecule has 0 aliphatic carbocycles. The first kappa shape index (κ1) is 16.4. The van der Waals surface area contributed by atoms with Crippen LogP contribution in [0.1, 0.15) is 8.35 Å². The smallest absolute Gasteiger partial charge is 1.00 e. The summed E-state index contributed by atoms with van der Waals surface area (Å²) in [5, 5.41) is 3.16. The van der Waals surface area contributed by atoms with E-state index in [1.165, 1.54) is 0 Å². The number of hydrogen-bond acceptors (Lipinski definition) is 5. The molecule has 0 aromatic heterocycles. The number of ether oxygens (including phenoxy) is 1. The van der Waals surface area contributed by atoms with Crippen LogP contribution < -0.4 is 34.9 Å². The summed E-state index contributed by atoms with van der Waals surface area (Å²) in [7, 11) is 0. The minimum Gasteiger partial charge on any atom is -1.00 e. The normalized spacial score (nSPS) is 17.7. The number of rotatable bonds is 2. The second-order valence-electron chi connectivity index (χ2n) is 1.97. The van der Waals surface area contributed by atoms with E-state index in [0.29, 0.717) is 0 Å². The molecule has 0 radical (unpaired) electrons. The largest absolute Gasteiger partial charge is 1.00 e. The number of nitrogens with one attached hydrogen (secondary N) is 1. The van der Waals surface area contributed by atoms with Crippen molar-refractivity contribution in [3.63, 3.8) is 0 Å². The van der Waals surface area contributed by atoms with Gasteiger partial charge in [0.25, 0.3) is 0 Å². The Morgan fingerprint density at radius 1 is 1.62 bits per heavy atom. The minimum atomic E-state index is -2.32. The average Bonchev–Trinajstić information content (AvgIpc) is 2.08. The van der Waals surface area contributed by atoms with Crippen LogP contribution >= 0.6 is 0 Å². The van der Waals surface area contributed by atoms with Gasteiger partial charge in [-0.3, -0.25) is 0 Å². The van der Waals surface area contributed by atoms with Gasteiger partial charge in [-0.25, -0.2) is 4.21 Å². The summed E-state index contributed by atoms with van der Waals surface area (Å²) in [5.74, 6) is 0. The fraction of sp³-hybridized carbons (Fsp3) is 1.00. The quantitative estimate of drug-likeness (QED) is 0.387. The maximum atomic E-state index is 9.38. The van der Waals surface area contributed by atoms with Gasteiger partial charge in [0.2, 0.25) is 0 Å². The Morgan fingerprint density at radius 3 is 2.23 bits per heavy atom. The van der Waals surface area contributed by atoms with Crippen molar-refractivity contribution in [2.45, 2.75) is 6.92 Å². The van der Waals surface area contributed by atoms with Crippen LogP contribution in [0.5, 0.6) is 0 Å². The summed E-state index contributed by atoms with van der Waals surface area (Å²) in [6.45, 7) is 5.66. The molecule has 1 saturated heterocycles. The first-order chi connectivity index (χ1) is 5.77. The molecule has 0 spiro atoms. The van der Waals surface area contributed by atoms with Gasteiger partial charge in [-0.15, -0.1) is 0 Å². The summed E-state index contributed by atoms with van der Waals surface area (Å²) in [6.07, 6.45) is 0. The summed E-state index contributed by atoms with van der Waals surface area (Å²) in [6, 6.07) is 0. The third-order valence-corrected chi connectivity index (χ3v) is 1.49. The van der Waals surface area contributed by atoms with Crippen LogP contribution in [-0.4, -0.2) is 41.7 Å². The SMILES string of the molecule is C1COCCN1.CCOS(=O)[O-].[H-].[Na+]. The maximum absolute atomic E-state index is 9.38. The molecule has 1 N–H and O–H groups in total. The predicted molar refractivity (Wildman–Crippen MR) is 45.3 cm³/mol. The van der Waals surface area contributed by atoms with Crippen LogP contribution in [0.4, 0.5) is 0 Å². The molecule has 1 atom stereocenters. The average molecular weight is 220 g/mol.